The number of anilines is 1. The number of carboxylic acids is 2. The Morgan fingerprint density at radius 1 is 1.38 bits per heavy atom. The number of aromatic nitrogens is 1. The van der Waals surface area contributed by atoms with E-state index in [0.717, 1.165) is 11.3 Å². The highest BCUT2D eigenvalue weighted by molar-refractivity contribution is 7.84. The molecule has 1 fully saturated rings. The van der Waals surface area contributed by atoms with Crippen molar-refractivity contribution in [2.24, 2.45) is 10.3 Å². The summed E-state index contributed by atoms with van der Waals surface area (Å²) in [6.07, 6.45) is 0.335. The first kappa shape index (κ1) is 24.4. The van der Waals surface area contributed by atoms with Crippen LogP contribution in [0.5, 0.6) is 0 Å². The van der Waals surface area contributed by atoms with E-state index >= 15 is 0 Å². The number of thiazole rings is 1. The zero-order valence-corrected chi connectivity index (χ0v) is 17.2. The standard InChI is InChI=1S/C13H14N6O11S2/c14-13-16-6(4-31-13)10(17-29-3-9(22)23)12(25)18(5-30-15-1-8(20)21)7-2-19(11(7)24)32(26,27)28/h1,4,7H,2-3,5H2,(H2,14,16)(H,20,21)(H,22,23)(H,26,27,28)/b15-1+,17-10+. The van der Waals surface area contributed by atoms with Crippen molar-refractivity contribution in [2.45, 2.75) is 6.04 Å². The molecule has 1 aliphatic rings. The molecule has 1 aliphatic heterocycles. The van der Waals surface area contributed by atoms with Crippen LogP contribution in [0, 0.1) is 0 Å². The Kier molecular flexibility index (Phi) is 7.62. The Hall–Kier alpha value is -3.84. The van der Waals surface area contributed by atoms with Crippen LogP contribution in [0.2, 0.25) is 0 Å². The van der Waals surface area contributed by atoms with Crippen LogP contribution < -0.4 is 5.73 Å². The molecule has 1 atom stereocenters. The van der Waals surface area contributed by atoms with Crippen molar-refractivity contribution < 1.29 is 52.0 Å². The minimum absolute atomic E-state index is 0.00450. The predicted molar refractivity (Wildman–Crippen MR) is 103 cm³/mol. The van der Waals surface area contributed by atoms with E-state index in [1.54, 1.807) is 0 Å². The van der Waals surface area contributed by atoms with Gasteiger partial charge in [0.25, 0.3) is 11.8 Å². The summed E-state index contributed by atoms with van der Waals surface area (Å²) in [6.45, 7) is -2.47. The lowest BCUT2D eigenvalue weighted by Crippen LogP contribution is -2.67. The van der Waals surface area contributed by atoms with Gasteiger partial charge in [0.15, 0.2) is 23.8 Å². The fourth-order valence-corrected chi connectivity index (χ4v) is 3.39. The molecule has 1 aromatic rings. The highest BCUT2D eigenvalue weighted by Crippen LogP contribution is 2.22. The smallest absolute Gasteiger partial charge is 0.362 e. The van der Waals surface area contributed by atoms with Crippen LogP contribution in [0.3, 0.4) is 0 Å². The molecule has 2 amide bonds. The normalized spacial score (nSPS) is 16.5. The second kappa shape index (κ2) is 9.98. The zero-order valence-electron chi connectivity index (χ0n) is 15.6. The molecule has 0 spiro atoms. The molecule has 19 heteroatoms. The Balaban J connectivity index is 2.35. The van der Waals surface area contributed by atoms with Gasteiger partial charge < -0.3 is 25.6 Å². The molecule has 17 nitrogen and oxygen atoms in total. The van der Waals surface area contributed by atoms with Crippen molar-refractivity contribution in [3.63, 3.8) is 0 Å². The first-order valence-corrected chi connectivity index (χ1v) is 10.3. The number of nitrogens with zero attached hydrogens (tertiary/aromatic N) is 5. The average Bonchev–Trinajstić information content (AvgIpc) is 3.10. The summed E-state index contributed by atoms with van der Waals surface area (Å²) in [6, 6.07) is -1.50. The van der Waals surface area contributed by atoms with E-state index in [2.05, 4.69) is 25.0 Å². The molecule has 2 rings (SSSR count). The molecule has 0 aromatic carbocycles. The summed E-state index contributed by atoms with van der Waals surface area (Å²) in [4.78, 5) is 60.0. The predicted octanol–water partition coefficient (Wildman–Crippen LogP) is -2.58. The second-order valence-corrected chi connectivity index (χ2v) is 7.87. The molecule has 5 N–H and O–H groups in total. The summed E-state index contributed by atoms with van der Waals surface area (Å²) >= 11 is 0.894. The van der Waals surface area contributed by atoms with Gasteiger partial charge in [0.05, 0.1) is 6.54 Å². The fourth-order valence-electron chi connectivity index (χ4n) is 2.17. The summed E-state index contributed by atoms with van der Waals surface area (Å²) in [7, 11) is -4.89. The van der Waals surface area contributed by atoms with Gasteiger partial charge in [-0.25, -0.2) is 18.9 Å². The quantitative estimate of drug-likeness (QED) is 0.0811. The number of carboxylic acid groups (broad SMARTS) is 2. The fraction of sp³-hybridized carbons (Fsp3) is 0.308. The van der Waals surface area contributed by atoms with Gasteiger partial charge in [0.2, 0.25) is 6.61 Å². The Morgan fingerprint density at radius 3 is 2.56 bits per heavy atom. The molecular weight excluding hydrogens is 480 g/mol. The molecule has 0 saturated carbocycles. The van der Waals surface area contributed by atoms with Gasteiger partial charge in [-0.05, 0) is 0 Å². The third-order valence-electron chi connectivity index (χ3n) is 3.53. The number of aliphatic carboxylic acids is 2. The minimum Gasteiger partial charge on any atom is -0.479 e. The maximum Gasteiger partial charge on any atom is 0.362 e. The Bertz CT molecular complexity index is 1080. The van der Waals surface area contributed by atoms with E-state index in [-0.39, 0.29) is 15.1 Å². The largest absolute Gasteiger partial charge is 0.479 e. The molecule has 2 heterocycles. The number of nitrogens with two attached hydrogens (primary N) is 1. The molecule has 0 radical (unpaired) electrons. The van der Waals surface area contributed by atoms with Crippen molar-refractivity contribution in [1.29, 1.82) is 0 Å². The number of carbonyl (C=O) groups excluding carboxylic acids is 2. The zero-order chi connectivity index (χ0) is 24.1. The molecular formula is C13H14N6O11S2. The average molecular weight is 494 g/mol. The van der Waals surface area contributed by atoms with Crippen molar-refractivity contribution in [2.75, 3.05) is 25.6 Å². The van der Waals surface area contributed by atoms with E-state index in [1.165, 1.54) is 5.38 Å². The Morgan fingerprint density at radius 2 is 2.06 bits per heavy atom. The van der Waals surface area contributed by atoms with E-state index in [9.17, 15) is 27.6 Å². The summed E-state index contributed by atoms with van der Waals surface area (Å²) in [5.41, 5.74) is 4.73. The van der Waals surface area contributed by atoms with Crippen LogP contribution in [0.15, 0.2) is 15.7 Å². The third-order valence-corrected chi connectivity index (χ3v) is 5.09. The van der Waals surface area contributed by atoms with Gasteiger partial charge in [-0.15, -0.1) is 11.3 Å². The highest BCUT2D eigenvalue weighted by Gasteiger charge is 2.49. The number of amides is 2. The highest BCUT2D eigenvalue weighted by atomic mass is 32.2. The molecule has 0 aliphatic carbocycles. The lowest BCUT2D eigenvalue weighted by molar-refractivity contribution is -0.154. The summed E-state index contributed by atoms with van der Waals surface area (Å²) in [5, 5.41) is 24.9. The number of hydrogen-bond acceptors (Lipinski definition) is 13. The van der Waals surface area contributed by atoms with Crippen molar-refractivity contribution in [3.05, 3.63) is 11.1 Å². The van der Waals surface area contributed by atoms with Crippen molar-refractivity contribution in [1.82, 2.24) is 14.2 Å². The maximum atomic E-state index is 13.1. The number of hydrogen-bond donors (Lipinski definition) is 4. The topological polar surface area (TPSA) is 252 Å². The van der Waals surface area contributed by atoms with Crippen LogP contribution in [0.1, 0.15) is 5.69 Å². The lowest BCUT2D eigenvalue weighted by atomic mass is 10.1. The number of nitrogen functional groups attached to an aromatic ring is 1. The van der Waals surface area contributed by atoms with E-state index < -0.39 is 65.7 Å². The third kappa shape index (κ3) is 6.09. The van der Waals surface area contributed by atoms with Crippen molar-refractivity contribution in [3.8, 4) is 0 Å². The van der Waals surface area contributed by atoms with Crippen LogP contribution in [-0.2, 0) is 39.2 Å². The SMILES string of the molecule is Nc1nc(/C(=N\OCC(=O)O)C(=O)N(CO/N=C/C(=O)O)C2CN(S(=O)(=O)O)C2=O)cs1. The monoisotopic (exact) mass is 494 g/mol. The number of β-lactam (4-membered cyclic amide) rings is 1. The van der Waals surface area contributed by atoms with Gasteiger partial charge in [0, 0.05) is 5.38 Å². The van der Waals surface area contributed by atoms with Gasteiger partial charge >= 0.3 is 22.2 Å². The van der Waals surface area contributed by atoms with E-state index in [1.807, 2.05) is 0 Å². The minimum atomic E-state index is -4.89. The first-order valence-electron chi connectivity index (χ1n) is 8.03. The lowest BCUT2D eigenvalue weighted by Gasteiger charge is -2.40. The van der Waals surface area contributed by atoms with Gasteiger partial charge in [0.1, 0.15) is 11.7 Å². The molecule has 0 bridgehead atoms. The number of rotatable bonds is 11. The van der Waals surface area contributed by atoms with Gasteiger partial charge in [-0.1, -0.05) is 10.3 Å². The molecule has 1 aromatic heterocycles. The summed E-state index contributed by atoms with van der Waals surface area (Å²) in [5.74, 6) is -5.27. The first-order chi connectivity index (χ1) is 14.9. The van der Waals surface area contributed by atoms with Gasteiger partial charge in [-0.2, -0.15) is 8.42 Å². The maximum absolute atomic E-state index is 13.1. The van der Waals surface area contributed by atoms with Crippen LogP contribution in [-0.4, -0.2) is 99.0 Å². The molecule has 32 heavy (non-hydrogen) atoms. The molecule has 1 saturated heterocycles. The Labute approximate surface area is 182 Å². The molecule has 1 unspecified atom stereocenters. The summed E-state index contributed by atoms with van der Waals surface area (Å²) < 4.78 is 31.4. The molecule has 174 valence electrons. The van der Waals surface area contributed by atoms with Crippen molar-refractivity contribution >= 4 is 62.5 Å². The van der Waals surface area contributed by atoms with E-state index in [4.69, 9.17) is 20.5 Å². The van der Waals surface area contributed by atoms with Crippen LogP contribution in [0.25, 0.3) is 0 Å². The van der Waals surface area contributed by atoms with Gasteiger partial charge in [-0.3, -0.25) is 19.0 Å². The number of carbonyl (C=O) groups is 4. The van der Waals surface area contributed by atoms with E-state index in [0.29, 0.717) is 11.1 Å². The van der Waals surface area contributed by atoms with Crippen LogP contribution in [0.4, 0.5) is 5.13 Å². The van der Waals surface area contributed by atoms with Crippen LogP contribution >= 0.6 is 11.3 Å². The number of oxime groups is 2. The second-order valence-electron chi connectivity index (χ2n) is 5.65.